The summed E-state index contributed by atoms with van der Waals surface area (Å²) in [6.07, 6.45) is 0.171. The zero-order valence-electron chi connectivity index (χ0n) is 10.8. The molecule has 0 unspecified atom stereocenters. The third-order valence-corrected chi connectivity index (χ3v) is 2.88. The van der Waals surface area contributed by atoms with Crippen molar-refractivity contribution in [1.82, 2.24) is 5.32 Å². The molecule has 1 aromatic rings. The highest BCUT2D eigenvalue weighted by Gasteiger charge is 2.19. The van der Waals surface area contributed by atoms with E-state index in [1.165, 1.54) is 11.1 Å². The van der Waals surface area contributed by atoms with Crippen LogP contribution in [0.1, 0.15) is 31.4 Å². The van der Waals surface area contributed by atoms with Gasteiger partial charge in [0.1, 0.15) is 0 Å². The Morgan fingerprint density at radius 1 is 1.41 bits per heavy atom. The number of rotatable bonds is 6. The summed E-state index contributed by atoms with van der Waals surface area (Å²) in [6.45, 7) is 7.71. The molecule has 2 N–H and O–H groups in total. The summed E-state index contributed by atoms with van der Waals surface area (Å²) in [5.74, 6) is -0.758. The fourth-order valence-corrected chi connectivity index (χ4v) is 1.76. The Bertz CT molecular complexity index is 386. The predicted molar refractivity (Wildman–Crippen MR) is 69.3 cm³/mol. The summed E-state index contributed by atoms with van der Waals surface area (Å²) >= 11 is 0. The van der Waals surface area contributed by atoms with Gasteiger partial charge < -0.3 is 10.4 Å². The second-order valence-corrected chi connectivity index (χ2v) is 5.07. The van der Waals surface area contributed by atoms with Gasteiger partial charge in [0.05, 0.1) is 6.42 Å². The normalized spacial score (nSPS) is 11.5. The minimum Gasteiger partial charge on any atom is -0.481 e. The summed E-state index contributed by atoms with van der Waals surface area (Å²) in [6, 6.07) is 8.44. The molecule has 0 aliphatic heterocycles. The zero-order chi connectivity index (χ0) is 12.9. The van der Waals surface area contributed by atoms with E-state index in [0.717, 1.165) is 6.54 Å². The van der Waals surface area contributed by atoms with Crippen molar-refractivity contribution in [2.24, 2.45) is 0 Å². The summed E-state index contributed by atoms with van der Waals surface area (Å²) in [7, 11) is 0. The van der Waals surface area contributed by atoms with Crippen molar-refractivity contribution in [1.29, 1.82) is 0 Å². The molecular weight excluding hydrogens is 214 g/mol. The molecular formula is C14H21NO2. The predicted octanol–water partition coefficient (Wildman–Crippen LogP) is 2.34. The van der Waals surface area contributed by atoms with Crippen molar-refractivity contribution < 1.29 is 9.90 Å². The molecule has 0 aliphatic rings. The topological polar surface area (TPSA) is 49.3 Å². The number of carbonyl (C=O) groups is 1. The van der Waals surface area contributed by atoms with Crippen LogP contribution in [0.15, 0.2) is 24.3 Å². The highest BCUT2D eigenvalue weighted by Crippen LogP contribution is 2.22. The lowest BCUT2D eigenvalue weighted by Gasteiger charge is -2.26. The Labute approximate surface area is 103 Å². The van der Waals surface area contributed by atoms with Crippen LogP contribution >= 0.6 is 0 Å². The van der Waals surface area contributed by atoms with Gasteiger partial charge in [0.15, 0.2) is 0 Å². The van der Waals surface area contributed by atoms with Crippen LogP contribution in [-0.4, -0.2) is 24.2 Å². The molecule has 3 heteroatoms. The number of aryl methyl sites for hydroxylation is 1. The quantitative estimate of drug-likeness (QED) is 0.744. The Kier molecular flexibility index (Phi) is 4.70. The molecule has 0 atom stereocenters. The second-order valence-electron chi connectivity index (χ2n) is 5.07. The molecule has 0 heterocycles. The average molecular weight is 235 g/mol. The Morgan fingerprint density at radius 3 is 2.71 bits per heavy atom. The largest absolute Gasteiger partial charge is 0.481 e. The first-order chi connectivity index (χ1) is 7.92. The van der Waals surface area contributed by atoms with E-state index < -0.39 is 5.97 Å². The van der Waals surface area contributed by atoms with Gasteiger partial charge in [0, 0.05) is 18.5 Å². The standard InChI is InChI=1S/C14H21NO2/c1-11-5-4-6-12(9-11)14(2,3)10-15-8-7-13(16)17/h4-6,9,15H,7-8,10H2,1-3H3,(H,16,17). The van der Waals surface area contributed by atoms with E-state index in [0.29, 0.717) is 6.54 Å². The number of carboxylic acid groups (broad SMARTS) is 1. The van der Waals surface area contributed by atoms with Crippen molar-refractivity contribution in [3.05, 3.63) is 35.4 Å². The Morgan fingerprint density at radius 2 is 2.12 bits per heavy atom. The molecule has 0 saturated carbocycles. The van der Waals surface area contributed by atoms with Crippen LogP contribution < -0.4 is 5.32 Å². The van der Waals surface area contributed by atoms with Crippen molar-refractivity contribution >= 4 is 5.97 Å². The molecule has 3 nitrogen and oxygen atoms in total. The van der Waals surface area contributed by atoms with Crippen molar-refractivity contribution in [3.8, 4) is 0 Å². The van der Waals surface area contributed by atoms with E-state index in [2.05, 4.69) is 50.4 Å². The number of carboxylic acids is 1. The molecule has 0 saturated heterocycles. The minimum absolute atomic E-state index is 0.0184. The summed E-state index contributed by atoms with van der Waals surface area (Å²) < 4.78 is 0. The molecule has 0 bridgehead atoms. The Hall–Kier alpha value is -1.35. The molecule has 0 aromatic heterocycles. The Balaban J connectivity index is 2.53. The highest BCUT2D eigenvalue weighted by molar-refractivity contribution is 5.66. The van der Waals surface area contributed by atoms with Gasteiger partial charge in [-0.3, -0.25) is 4.79 Å². The number of hydrogen-bond acceptors (Lipinski definition) is 2. The van der Waals surface area contributed by atoms with E-state index in [4.69, 9.17) is 5.11 Å². The number of hydrogen-bond donors (Lipinski definition) is 2. The van der Waals surface area contributed by atoms with E-state index in [-0.39, 0.29) is 11.8 Å². The van der Waals surface area contributed by atoms with Crippen LogP contribution in [0, 0.1) is 6.92 Å². The maximum Gasteiger partial charge on any atom is 0.304 e. The first kappa shape index (κ1) is 13.7. The first-order valence-electron chi connectivity index (χ1n) is 5.91. The maximum absolute atomic E-state index is 10.4. The third-order valence-electron chi connectivity index (χ3n) is 2.88. The second kappa shape index (κ2) is 5.82. The monoisotopic (exact) mass is 235 g/mol. The zero-order valence-corrected chi connectivity index (χ0v) is 10.8. The van der Waals surface area contributed by atoms with E-state index in [1.807, 2.05) is 0 Å². The van der Waals surface area contributed by atoms with Crippen LogP contribution in [0.4, 0.5) is 0 Å². The van der Waals surface area contributed by atoms with Crippen molar-refractivity contribution in [2.45, 2.75) is 32.6 Å². The van der Waals surface area contributed by atoms with Gasteiger partial charge in [-0.15, -0.1) is 0 Å². The lowest BCUT2D eigenvalue weighted by Crippen LogP contribution is -2.34. The molecule has 0 aliphatic carbocycles. The smallest absolute Gasteiger partial charge is 0.304 e. The maximum atomic E-state index is 10.4. The van der Waals surface area contributed by atoms with Gasteiger partial charge in [-0.2, -0.15) is 0 Å². The molecule has 0 fully saturated rings. The summed E-state index contributed by atoms with van der Waals surface area (Å²) in [5.41, 5.74) is 2.55. The fraction of sp³-hybridized carbons (Fsp3) is 0.500. The number of benzene rings is 1. The lowest BCUT2D eigenvalue weighted by atomic mass is 9.84. The van der Waals surface area contributed by atoms with Crippen LogP contribution in [0.2, 0.25) is 0 Å². The summed E-state index contributed by atoms with van der Waals surface area (Å²) in [5, 5.41) is 11.8. The summed E-state index contributed by atoms with van der Waals surface area (Å²) in [4.78, 5) is 10.4. The third kappa shape index (κ3) is 4.57. The van der Waals surface area contributed by atoms with Crippen molar-refractivity contribution in [2.75, 3.05) is 13.1 Å². The van der Waals surface area contributed by atoms with E-state index in [1.54, 1.807) is 0 Å². The van der Waals surface area contributed by atoms with Gasteiger partial charge in [-0.1, -0.05) is 43.7 Å². The number of aliphatic carboxylic acids is 1. The molecule has 1 aromatic carbocycles. The fourth-order valence-electron chi connectivity index (χ4n) is 1.76. The molecule has 0 spiro atoms. The minimum atomic E-state index is -0.758. The van der Waals surface area contributed by atoms with Crippen LogP contribution in [0.25, 0.3) is 0 Å². The first-order valence-corrected chi connectivity index (χ1v) is 5.91. The molecule has 0 amide bonds. The SMILES string of the molecule is Cc1cccc(C(C)(C)CNCCC(=O)O)c1. The molecule has 0 radical (unpaired) electrons. The van der Waals surface area contributed by atoms with E-state index in [9.17, 15) is 4.79 Å². The average Bonchev–Trinajstić information content (AvgIpc) is 2.24. The molecule has 94 valence electrons. The van der Waals surface area contributed by atoms with Gasteiger partial charge in [-0.05, 0) is 12.5 Å². The van der Waals surface area contributed by atoms with Gasteiger partial charge in [0.2, 0.25) is 0 Å². The van der Waals surface area contributed by atoms with Crippen LogP contribution in [-0.2, 0) is 10.2 Å². The van der Waals surface area contributed by atoms with E-state index >= 15 is 0 Å². The van der Waals surface area contributed by atoms with Crippen LogP contribution in [0.3, 0.4) is 0 Å². The highest BCUT2D eigenvalue weighted by atomic mass is 16.4. The molecule has 17 heavy (non-hydrogen) atoms. The van der Waals surface area contributed by atoms with Crippen molar-refractivity contribution in [3.63, 3.8) is 0 Å². The van der Waals surface area contributed by atoms with Gasteiger partial charge in [0.25, 0.3) is 0 Å². The molecule has 1 rings (SSSR count). The van der Waals surface area contributed by atoms with Gasteiger partial charge >= 0.3 is 5.97 Å². The number of nitrogens with one attached hydrogen (secondary N) is 1. The lowest BCUT2D eigenvalue weighted by molar-refractivity contribution is -0.136. The van der Waals surface area contributed by atoms with Crippen LogP contribution in [0.5, 0.6) is 0 Å². The van der Waals surface area contributed by atoms with Gasteiger partial charge in [-0.25, -0.2) is 0 Å².